The molecule has 0 radical (unpaired) electrons. The van der Waals surface area contributed by atoms with Gasteiger partial charge in [-0.15, -0.1) is 0 Å². The largest absolute Gasteiger partial charge is 0.393 e. The zero-order chi connectivity index (χ0) is 20.6. The summed E-state index contributed by atoms with van der Waals surface area (Å²) in [6.07, 6.45) is 2.19. The molecular weight excluding hydrogens is 360 g/mol. The molecule has 4 rings (SSSR count). The predicted octanol–water partition coefficient (Wildman–Crippen LogP) is 0.998. The molecule has 0 aliphatic heterocycles. The maximum atomic E-state index is 12.5. The van der Waals surface area contributed by atoms with Crippen LogP contribution < -0.4 is 0 Å². The lowest BCUT2D eigenvalue weighted by Crippen LogP contribution is -2.64. The summed E-state index contributed by atoms with van der Waals surface area (Å²) < 4.78 is 0. The summed E-state index contributed by atoms with van der Waals surface area (Å²) in [5, 5.41) is 42.6. The van der Waals surface area contributed by atoms with Gasteiger partial charge in [0.1, 0.15) is 6.61 Å². The van der Waals surface area contributed by atoms with Gasteiger partial charge in [-0.2, -0.15) is 0 Å². The minimum atomic E-state index is -2.04. The third-order valence-corrected chi connectivity index (χ3v) is 9.00. The van der Waals surface area contributed by atoms with Crippen molar-refractivity contribution in [1.29, 1.82) is 0 Å². The van der Waals surface area contributed by atoms with Gasteiger partial charge >= 0.3 is 0 Å². The van der Waals surface area contributed by atoms with Gasteiger partial charge in [-0.1, -0.05) is 26.3 Å². The second-order valence-electron chi connectivity index (χ2n) is 10.2. The molecule has 9 atom stereocenters. The number of ketones is 2. The molecule has 0 heterocycles. The highest BCUT2D eigenvalue weighted by atomic mass is 16.4. The first-order valence-corrected chi connectivity index (χ1v) is 10.5. The Bertz CT molecular complexity index is 745. The van der Waals surface area contributed by atoms with Gasteiger partial charge in [-0.05, 0) is 60.8 Å². The highest BCUT2D eigenvalue weighted by Gasteiger charge is 2.71. The first-order chi connectivity index (χ1) is 13.0. The van der Waals surface area contributed by atoms with Crippen LogP contribution in [0.2, 0.25) is 0 Å². The topological polar surface area (TPSA) is 115 Å². The first kappa shape index (κ1) is 20.2. The van der Waals surface area contributed by atoms with E-state index in [1.165, 1.54) is 0 Å². The van der Waals surface area contributed by atoms with Crippen molar-refractivity contribution in [2.24, 2.45) is 34.5 Å². The first-order valence-electron chi connectivity index (χ1n) is 10.5. The molecule has 4 aliphatic carbocycles. The molecular formula is C22H32O6. The monoisotopic (exact) mass is 392 g/mol. The quantitative estimate of drug-likeness (QED) is 0.557. The summed E-state index contributed by atoms with van der Waals surface area (Å²) in [6.45, 7) is 5.20. The minimum absolute atomic E-state index is 0.0364. The predicted molar refractivity (Wildman–Crippen MR) is 101 cm³/mol. The lowest BCUT2D eigenvalue weighted by Gasteiger charge is -2.61. The van der Waals surface area contributed by atoms with Crippen LogP contribution in [0.15, 0.2) is 11.6 Å². The van der Waals surface area contributed by atoms with Crippen molar-refractivity contribution < 1.29 is 30.0 Å². The number of carbonyl (C=O) groups is 2. The van der Waals surface area contributed by atoms with Crippen molar-refractivity contribution in [3.63, 3.8) is 0 Å². The molecule has 28 heavy (non-hydrogen) atoms. The molecule has 3 saturated carbocycles. The van der Waals surface area contributed by atoms with E-state index in [1.807, 2.05) is 0 Å². The lowest BCUT2D eigenvalue weighted by atomic mass is 9.44. The van der Waals surface area contributed by atoms with Gasteiger partial charge in [0.25, 0.3) is 0 Å². The fourth-order valence-electron chi connectivity index (χ4n) is 7.76. The molecule has 0 aromatic heterocycles. The number of carbonyl (C=O) groups excluding carboxylic acids is 2. The fourth-order valence-corrected chi connectivity index (χ4v) is 7.76. The smallest absolute Gasteiger partial charge is 0.192 e. The molecule has 0 aromatic carbocycles. The average Bonchev–Trinajstić information content (AvgIpc) is 2.83. The Balaban J connectivity index is 1.80. The lowest BCUT2D eigenvalue weighted by molar-refractivity contribution is -0.194. The number of aliphatic hydroxyl groups excluding tert-OH is 3. The maximum Gasteiger partial charge on any atom is 0.192 e. The van der Waals surface area contributed by atoms with Crippen LogP contribution in [0.5, 0.6) is 0 Å². The molecule has 6 heteroatoms. The van der Waals surface area contributed by atoms with E-state index in [4.69, 9.17) is 0 Å². The molecule has 0 spiro atoms. The Hall–Kier alpha value is -1.08. The Morgan fingerprint density at radius 1 is 1.25 bits per heavy atom. The summed E-state index contributed by atoms with van der Waals surface area (Å²) in [4.78, 5) is 24.5. The number of aliphatic hydroxyl groups is 4. The van der Waals surface area contributed by atoms with E-state index in [9.17, 15) is 30.0 Å². The van der Waals surface area contributed by atoms with E-state index in [1.54, 1.807) is 13.0 Å². The van der Waals surface area contributed by atoms with Crippen molar-refractivity contribution in [3.8, 4) is 0 Å². The minimum Gasteiger partial charge on any atom is -0.393 e. The molecule has 3 fully saturated rings. The number of hydrogen-bond acceptors (Lipinski definition) is 6. The van der Waals surface area contributed by atoms with Crippen LogP contribution in [0.25, 0.3) is 0 Å². The van der Waals surface area contributed by atoms with E-state index in [2.05, 4.69) is 13.8 Å². The Morgan fingerprint density at radius 2 is 1.93 bits per heavy atom. The van der Waals surface area contributed by atoms with Crippen molar-refractivity contribution in [3.05, 3.63) is 11.6 Å². The number of hydrogen-bond donors (Lipinski definition) is 4. The Kier molecular flexibility index (Phi) is 4.48. The van der Waals surface area contributed by atoms with Gasteiger partial charge in [-0.25, -0.2) is 0 Å². The van der Waals surface area contributed by atoms with Gasteiger partial charge in [0, 0.05) is 11.8 Å². The summed E-state index contributed by atoms with van der Waals surface area (Å²) in [5.41, 5.74) is -2.20. The molecule has 4 aliphatic rings. The third kappa shape index (κ3) is 2.29. The Labute approximate surface area is 165 Å². The van der Waals surface area contributed by atoms with Crippen LogP contribution >= 0.6 is 0 Å². The van der Waals surface area contributed by atoms with E-state index < -0.39 is 35.6 Å². The van der Waals surface area contributed by atoms with Gasteiger partial charge in [0.2, 0.25) is 0 Å². The van der Waals surface area contributed by atoms with Gasteiger partial charge in [0.05, 0.1) is 12.2 Å². The van der Waals surface area contributed by atoms with Crippen LogP contribution in [-0.4, -0.2) is 56.4 Å². The van der Waals surface area contributed by atoms with Crippen molar-refractivity contribution in [2.75, 3.05) is 6.61 Å². The van der Waals surface area contributed by atoms with Crippen LogP contribution in [0.1, 0.15) is 52.9 Å². The molecule has 4 N–H and O–H groups in total. The molecule has 0 saturated heterocycles. The molecule has 0 bridgehead atoms. The van der Waals surface area contributed by atoms with E-state index in [0.717, 1.165) is 12.0 Å². The molecule has 6 nitrogen and oxygen atoms in total. The summed E-state index contributed by atoms with van der Waals surface area (Å²) in [5.74, 6) is -0.616. The average molecular weight is 392 g/mol. The highest BCUT2D eigenvalue weighted by Crippen LogP contribution is 2.68. The summed E-state index contributed by atoms with van der Waals surface area (Å²) >= 11 is 0. The SMILES string of the molecule is CC1C[C@@H]2[C@H](C(O)C[C@@]3(C)[C@H]2CC(O)[C@]3(O)C(=O)CO)[C@@]2(C)CCC(=O)C=C12. The van der Waals surface area contributed by atoms with E-state index in [-0.39, 0.29) is 47.7 Å². The molecule has 0 aromatic rings. The van der Waals surface area contributed by atoms with Gasteiger partial charge < -0.3 is 20.4 Å². The molecule has 156 valence electrons. The maximum absolute atomic E-state index is 12.5. The van der Waals surface area contributed by atoms with Crippen LogP contribution in [0, 0.1) is 34.5 Å². The van der Waals surface area contributed by atoms with Gasteiger partial charge in [0.15, 0.2) is 17.2 Å². The van der Waals surface area contributed by atoms with Crippen molar-refractivity contribution >= 4 is 11.6 Å². The molecule has 3 unspecified atom stereocenters. The zero-order valence-electron chi connectivity index (χ0n) is 16.9. The van der Waals surface area contributed by atoms with Crippen molar-refractivity contribution in [1.82, 2.24) is 0 Å². The standard InChI is InChI=1S/C22H32O6/c1-11-6-13-15-8-17(26)22(28,18(27)10-23)21(15,3)9-16(25)19(13)20(2)5-4-12(24)7-14(11)20/h7,11,13,15-17,19,23,25-26,28H,4-6,8-10H2,1-3H3/t11?,13-,15-,16?,17?,19+,20-,21-,22-/m0/s1. The fraction of sp³-hybridized carbons (Fsp3) is 0.818. The number of Topliss-reactive ketones (excluding diaryl/α,β-unsaturated/α-hetero) is 1. The third-order valence-electron chi connectivity index (χ3n) is 9.00. The van der Waals surface area contributed by atoms with Crippen LogP contribution in [0.4, 0.5) is 0 Å². The van der Waals surface area contributed by atoms with E-state index in [0.29, 0.717) is 12.8 Å². The van der Waals surface area contributed by atoms with E-state index >= 15 is 0 Å². The zero-order valence-corrected chi connectivity index (χ0v) is 16.9. The van der Waals surface area contributed by atoms with Crippen LogP contribution in [-0.2, 0) is 9.59 Å². The number of rotatable bonds is 2. The number of allylic oxidation sites excluding steroid dienone is 1. The highest BCUT2D eigenvalue weighted by molar-refractivity contribution is 5.92. The molecule has 0 amide bonds. The second kappa shape index (κ2) is 6.21. The number of fused-ring (bicyclic) bond motifs is 5. The summed E-state index contributed by atoms with van der Waals surface area (Å²) in [7, 11) is 0. The van der Waals surface area contributed by atoms with Gasteiger partial charge in [-0.3, -0.25) is 9.59 Å². The van der Waals surface area contributed by atoms with Crippen LogP contribution in [0.3, 0.4) is 0 Å². The summed E-state index contributed by atoms with van der Waals surface area (Å²) in [6, 6.07) is 0. The Morgan fingerprint density at radius 3 is 2.57 bits per heavy atom. The van der Waals surface area contributed by atoms with Crippen molar-refractivity contribution in [2.45, 2.75) is 70.7 Å². The second-order valence-corrected chi connectivity index (χ2v) is 10.2. The normalized spacial score (nSPS) is 53.1.